The summed E-state index contributed by atoms with van der Waals surface area (Å²) in [5.41, 5.74) is 1.54. The molecular formula is C18H20ClN5O2. The molecule has 3 heterocycles. The van der Waals surface area contributed by atoms with Crippen LogP contribution in [0.3, 0.4) is 0 Å². The first-order valence-electron chi connectivity index (χ1n) is 8.61. The SMILES string of the molecule is CC(C)[C@@H](C)Nc1c(-c2cccc3c2OCCO3)c(Cl)nc2ncnn12. The number of benzene rings is 1. The molecule has 3 aromatic rings. The first-order chi connectivity index (χ1) is 12.6. The highest BCUT2D eigenvalue weighted by molar-refractivity contribution is 6.33. The van der Waals surface area contributed by atoms with Crippen molar-refractivity contribution in [3.63, 3.8) is 0 Å². The zero-order valence-electron chi connectivity index (χ0n) is 14.9. The fraction of sp³-hybridized carbons (Fsp3) is 0.389. The van der Waals surface area contributed by atoms with Crippen LogP contribution in [0, 0.1) is 5.92 Å². The molecule has 0 unspecified atom stereocenters. The summed E-state index contributed by atoms with van der Waals surface area (Å²) in [4.78, 5) is 8.57. The standard InChI is InChI=1S/C18H20ClN5O2/c1-10(2)11(3)22-17-14(16(19)23-18-20-9-21-24(17)18)12-5-4-6-13-15(12)26-8-7-25-13/h4-6,9-11,22H,7-8H2,1-3H3/t11-/m1/s1. The van der Waals surface area contributed by atoms with Gasteiger partial charge < -0.3 is 14.8 Å². The lowest BCUT2D eigenvalue weighted by Gasteiger charge is -2.24. The highest BCUT2D eigenvalue weighted by Gasteiger charge is 2.25. The van der Waals surface area contributed by atoms with E-state index in [2.05, 4.69) is 41.2 Å². The summed E-state index contributed by atoms with van der Waals surface area (Å²) in [5.74, 6) is 2.96. The number of ether oxygens (including phenoxy) is 2. The Hall–Kier alpha value is -2.54. The maximum Gasteiger partial charge on any atom is 0.255 e. The molecule has 1 aliphatic heterocycles. The summed E-state index contributed by atoms with van der Waals surface area (Å²) in [6.45, 7) is 7.44. The van der Waals surface area contributed by atoms with Crippen LogP contribution in [0.25, 0.3) is 16.9 Å². The van der Waals surface area contributed by atoms with Gasteiger partial charge in [-0.2, -0.15) is 19.6 Å². The minimum atomic E-state index is 0.191. The van der Waals surface area contributed by atoms with E-state index < -0.39 is 0 Å². The Labute approximate surface area is 156 Å². The topological polar surface area (TPSA) is 73.6 Å². The van der Waals surface area contributed by atoms with Gasteiger partial charge in [-0.3, -0.25) is 0 Å². The molecule has 1 atom stereocenters. The van der Waals surface area contributed by atoms with E-state index in [4.69, 9.17) is 21.1 Å². The average Bonchev–Trinajstić information content (AvgIpc) is 3.09. The fourth-order valence-electron chi connectivity index (χ4n) is 2.84. The number of fused-ring (bicyclic) bond motifs is 2. The second-order valence-corrected chi connectivity index (χ2v) is 6.96. The Balaban J connectivity index is 1.96. The number of anilines is 1. The molecule has 7 nitrogen and oxygen atoms in total. The van der Waals surface area contributed by atoms with E-state index in [0.29, 0.717) is 41.6 Å². The molecular weight excluding hydrogens is 354 g/mol. The van der Waals surface area contributed by atoms with Crippen LogP contribution in [-0.4, -0.2) is 38.8 Å². The van der Waals surface area contributed by atoms with Crippen molar-refractivity contribution in [1.82, 2.24) is 19.6 Å². The van der Waals surface area contributed by atoms with E-state index in [1.54, 1.807) is 4.52 Å². The number of aromatic nitrogens is 4. The van der Waals surface area contributed by atoms with E-state index in [9.17, 15) is 0 Å². The molecule has 0 fully saturated rings. The Morgan fingerprint density at radius 3 is 2.81 bits per heavy atom. The molecule has 2 aromatic heterocycles. The van der Waals surface area contributed by atoms with Crippen molar-refractivity contribution >= 4 is 23.2 Å². The van der Waals surface area contributed by atoms with Gasteiger partial charge in [-0.05, 0) is 18.9 Å². The normalized spacial score (nSPS) is 14.7. The molecule has 0 bridgehead atoms. The number of rotatable bonds is 4. The zero-order valence-corrected chi connectivity index (χ0v) is 15.6. The predicted molar refractivity (Wildman–Crippen MR) is 100 cm³/mol. The Bertz CT molecular complexity index is 956. The number of hydrogen-bond acceptors (Lipinski definition) is 6. The summed E-state index contributed by atoms with van der Waals surface area (Å²) in [7, 11) is 0. The quantitative estimate of drug-likeness (QED) is 0.703. The maximum atomic E-state index is 6.58. The van der Waals surface area contributed by atoms with E-state index >= 15 is 0 Å². The minimum absolute atomic E-state index is 0.191. The molecule has 0 spiro atoms. The molecule has 0 amide bonds. The third kappa shape index (κ3) is 2.82. The van der Waals surface area contributed by atoms with Gasteiger partial charge in [0, 0.05) is 11.6 Å². The first kappa shape index (κ1) is 16.9. The molecule has 0 radical (unpaired) electrons. The Kier molecular flexibility index (Phi) is 4.32. The third-order valence-corrected chi connectivity index (χ3v) is 4.86. The lowest BCUT2D eigenvalue weighted by molar-refractivity contribution is 0.172. The van der Waals surface area contributed by atoms with Crippen molar-refractivity contribution in [3.8, 4) is 22.6 Å². The maximum absolute atomic E-state index is 6.58. The van der Waals surface area contributed by atoms with Crippen molar-refractivity contribution in [2.24, 2.45) is 5.92 Å². The van der Waals surface area contributed by atoms with Gasteiger partial charge in [0.15, 0.2) is 11.5 Å². The van der Waals surface area contributed by atoms with Gasteiger partial charge in [0.1, 0.15) is 30.5 Å². The van der Waals surface area contributed by atoms with Gasteiger partial charge in [-0.15, -0.1) is 0 Å². The summed E-state index contributed by atoms with van der Waals surface area (Å²) >= 11 is 6.58. The molecule has 26 heavy (non-hydrogen) atoms. The Morgan fingerprint density at radius 1 is 1.19 bits per heavy atom. The van der Waals surface area contributed by atoms with Crippen LogP contribution in [0.2, 0.25) is 5.15 Å². The second kappa shape index (κ2) is 6.64. The molecule has 1 N–H and O–H groups in total. The van der Waals surface area contributed by atoms with Gasteiger partial charge in [-0.1, -0.05) is 37.6 Å². The van der Waals surface area contributed by atoms with Crippen molar-refractivity contribution in [2.45, 2.75) is 26.8 Å². The molecule has 0 saturated carbocycles. The van der Waals surface area contributed by atoms with Gasteiger partial charge in [0.25, 0.3) is 5.78 Å². The number of halogens is 1. The fourth-order valence-corrected chi connectivity index (χ4v) is 3.11. The van der Waals surface area contributed by atoms with Gasteiger partial charge in [-0.25, -0.2) is 0 Å². The Morgan fingerprint density at radius 2 is 2.00 bits per heavy atom. The summed E-state index contributed by atoms with van der Waals surface area (Å²) in [6.07, 6.45) is 1.47. The summed E-state index contributed by atoms with van der Waals surface area (Å²) in [6, 6.07) is 5.94. The molecule has 4 rings (SSSR count). The lowest BCUT2D eigenvalue weighted by Crippen LogP contribution is -2.24. The number of nitrogens with zero attached hydrogens (tertiary/aromatic N) is 4. The van der Waals surface area contributed by atoms with Crippen LogP contribution in [0.1, 0.15) is 20.8 Å². The van der Waals surface area contributed by atoms with Crippen LogP contribution < -0.4 is 14.8 Å². The first-order valence-corrected chi connectivity index (χ1v) is 8.99. The molecule has 1 aromatic carbocycles. The highest BCUT2D eigenvalue weighted by Crippen LogP contribution is 2.44. The molecule has 0 aliphatic carbocycles. The van der Waals surface area contributed by atoms with Crippen LogP contribution in [0.15, 0.2) is 24.5 Å². The van der Waals surface area contributed by atoms with Crippen molar-refractivity contribution in [1.29, 1.82) is 0 Å². The van der Waals surface area contributed by atoms with E-state index in [1.165, 1.54) is 6.33 Å². The number of nitrogens with one attached hydrogen (secondary N) is 1. The van der Waals surface area contributed by atoms with E-state index in [-0.39, 0.29) is 6.04 Å². The number of hydrogen-bond donors (Lipinski definition) is 1. The minimum Gasteiger partial charge on any atom is -0.486 e. The van der Waals surface area contributed by atoms with Crippen LogP contribution >= 0.6 is 11.6 Å². The molecule has 0 saturated heterocycles. The van der Waals surface area contributed by atoms with Crippen molar-refractivity contribution < 1.29 is 9.47 Å². The smallest absolute Gasteiger partial charge is 0.255 e. The summed E-state index contributed by atoms with van der Waals surface area (Å²) in [5, 5.41) is 8.18. The lowest BCUT2D eigenvalue weighted by atomic mass is 10.0. The van der Waals surface area contributed by atoms with E-state index in [1.807, 2.05) is 18.2 Å². The average molecular weight is 374 g/mol. The monoisotopic (exact) mass is 373 g/mol. The van der Waals surface area contributed by atoms with Gasteiger partial charge in [0.2, 0.25) is 0 Å². The van der Waals surface area contributed by atoms with Crippen LogP contribution in [0.5, 0.6) is 11.5 Å². The van der Waals surface area contributed by atoms with Crippen molar-refractivity contribution in [3.05, 3.63) is 29.7 Å². The van der Waals surface area contributed by atoms with E-state index in [0.717, 1.165) is 16.9 Å². The van der Waals surface area contributed by atoms with Crippen LogP contribution in [0.4, 0.5) is 5.82 Å². The second-order valence-electron chi connectivity index (χ2n) is 6.60. The van der Waals surface area contributed by atoms with Crippen LogP contribution in [-0.2, 0) is 0 Å². The molecule has 1 aliphatic rings. The predicted octanol–water partition coefficient (Wildman–Crippen LogP) is 3.67. The number of para-hydroxylation sites is 1. The third-order valence-electron chi connectivity index (χ3n) is 4.58. The zero-order chi connectivity index (χ0) is 18.3. The highest BCUT2D eigenvalue weighted by atomic mass is 35.5. The van der Waals surface area contributed by atoms with Crippen molar-refractivity contribution in [2.75, 3.05) is 18.5 Å². The summed E-state index contributed by atoms with van der Waals surface area (Å²) < 4.78 is 13.3. The van der Waals surface area contributed by atoms with Gasteiger partial charge in [0.05, 0.1) is 5.56 Å². The van der Waals surface area contributed by atoms with Gasteiger partial charge >= 0.3 is 0 Å². The molecule has 136 valence electrons. The molecule has 8 heteroatoms. The largest absolute Gasteiger partial charge is 0.486 e.